The summed E-state index contributed by atoms with van der Waals surface area (Å²) >= 11 is 0. The van der Waals surface area contributed by atoms with E-state index in [2.05, 4.69) is 57.7 Å². The predicted octanol–water partition coefficient (Wildman–Crippen LogP) is 4.22. The van der Waals surface area contributed by atoms with Gasteiger partial charge in [-0.15, -0.1) is 12.1 Å². The van der Waals surface area contributed by atoms with E-state index in [1.54, 1.807) is 0 Å². The van der Waals surface area contributed by atoms with Crippen LogP contribution >= 0.6 is 0 Å². The highest BCUT2D eigenvalue weighted by molar-refractivity contribution is 6.84. The van der Waals surface area contributed by atoms with Gasteiger partial charge in [-0.1, -0.05) is 64.5 Å². The maximum absolute atomic E-state index is 11.0. The summed E-state index contributed by atoms with van der Waals surface area (Å²) in [5.41, 5.74) is 3.38. The SMILES string of the molecule is C=CC[Si](C)(C)C(O)(C#C[Si](C)(C)C)CCCC. The Hall–Kier alpha value is -0.306. The molecule has 1 nitrogen and oxygen atoms in total. The van der Waals surface area contributed by atoms with Crippen molar-refractivity contribution in [1.82, 2.24) is 0 Å². The fourth-order valence-electron chi connectivity index (χ4n) is 1.82. The summed E-state index contributed by atoms with van der Waals surface area (Å²) in [5.74, 6) is 3.28. The van der Waals surface area contributed by atoms with E-state index >= 15 is 0 Å². The van der Waals surface area contributed by atoms with E-state index in [1.165, 1.54) is 0 Å². The van der Waals surface area contributed by atoms with Gasteiger partial charge in [0.05, 0.1) is 0 Å². The van der Waals surface area contributed by atoms with E-state index in [9.17, 15) is 5.11 Å². The van der Waals surface area contributed by atoms with Crippen molar-refractivity contribution in [2.45, 2.75) is 70.2 Å². The van der Waals surface area contributed by atoms with E-state index in [0.717, 1.165) is 25.3 Å². The molecule has 1 N–H and O–H groups in total. The largest absolute Gasteiger partial charge is 0.381 e. The van der Waals surface area contributed by atoms with Crippen LogP contribution in [0.5, 0.6) is 0 Å². The molecule has 0 bridgehead atoms. The Balaban J connectivity index is 5.27. The monoisotopic (exact) mass is 282 g/mol. The quantitative estimate of drug-likeness (QED) is 0.439. The fourth-order valence-corrected chi connectivity index (χ4v) is 4.84. The molecule has 3 heteroatoms. The minimum absolute atomic E-state index is 0.752. The highest BCUT2D eigenvalue weighted by Crippen LogP contribution is 2.29. The lowest BCUT2D eigenvalue weighted by molar-refractivity contribution is 0.161. The molecule has 0 aliphatic carbocycles. The topological polar surface area (TPSA) is 20.2 Å². The van der Waals surface area contributed by atoms with Crippen LogP contribution in [0, 0.1) is 11.5 Å². The van der Waals surface area contributed by atoms with Gasteiger partial charge in [0.25, 0.3) is 0 Å². The molecule has 0 heterocycles. The number of hydrogen-bond acceptors (Lipinski definition) is 1. The molecule has 0 spiro atoms. The zero-order chi connectivity index (χ0) is 14.4. The second kappa shape index (κ2) is 6.74. The Labute approximate surface area is 116 Å². The molecule has 0 aromatic rings. The number of allylic oxidation sites excluding steroid dienone is 1. The minimum atomic E-state index is -1.81. The van der Waals surface area contributed by atoms with E-state index in [0.29, 0.717) is 0 Å². The molecule has 1 atom stereocenters. The lowest BCUT2D eigenvalue weighted by atomic mass is 10.1. The van der Waals surface area contributed by atoms with E-state index in [1.807, 2.05) is 6.08 Å². The molecule has 0 saturated heterocycles. The van der Waals surface area contributed by atoms with Crippen molar-refractivity contribution in [3.8, 4) is 11.5 Å². The Morgan fingerprint density at radius 2 is 1.78 bits per heavy atom. The third kappa shape index (κ3) is 5.56. The second-order valence-electron chi connectivity index (χ2n) is 6.84. The highest BCUT2D eigenvalue weighted by Gasteiger charge is 2.42. The Morgan fingerprint density at radius 1 is 1.22 bits per heavy atom. The molecule has 0 aliphatic rings. The summed E-state index contributed by atoms with van der Waals surface area (Å²) in [6.45, 7) is 17.1. The van der Waals surface area contributed by atoms with Crippen LogP contribution in [0.4, 0.5) is 0 Å². The number of aliphatic hydroxyl groups is 1. The molecule has 0 rings (SSSR count). The summed E-state index contributed by atoms with van der Waals surface area (Å²) < 4.78 is 0. The summed E-state index contributed by atoms with van der Waals surface area (Å²) in [6, 6.07) is 0.924. The van der Waals surface area contributed by atoms with Crippen LogP contribution in [0.25, 0.3) is 0 Å². The van der Waals surface area contributed by atoms with Crippen molar-refractivity contribution in [3.05, 3.63) is 12.7 Å². The molecule has 0 radical (unpaired) electrons. The third-order valence-electron chi connectivity index (χ3n) is 3.31. The van der Waals surface area contributed by atoms with Gasteiger partial charge in [0.15, 0.2) is 0 Å². The van der Waals surface area contributed by atoms with Gasteiger partial charge >= 0.3 is 0 Å². The van der Waals surface area contributed by atoms with Gasteiger partial charge < -0.3 is 5.11 Å². The van der Waals surface area contributed by atoms with Crippen molar-refractivity contribution < 1.29 is 5.11 Å². The van der Waals surface area contributed by atoms with Crippen LogP contribution < -0.4 is 0 Å². The molecule has 0 aromatic carbocycles. The molecule has 1 unspecified atom stereocenters. The number of rotatable bonds is 6. The van der Waals surface area contributed by atoms with E-state index in [4.69, 9.17) is 0 Å². The first-order valence-electron chi connectivity index (χ1n) is 6.95. The lowest BCUT2D eigenvalue weighted by Crippen LogP contribution is -2.53. The summed E-state index contributed by atoms with van der Waals surface area (Å²) in [4.78, 5) is 0. The summed E-state index contributed by atoms with van der Waals surface area (Å²) in [5, 5.41) is 10.3. The first-order valence-corrected chi connectivity index (χ1v) is 13.7. The molecule has 0 saturated carbocycles. The highest BCUT2D eigenvalue weighted by atomic mass is 28.3. The maximum Gasteiger partial charge on any atom is 0.129 e. The van der Waals surface area contributed by atoms with Gasteiger partial charge in [-0.05, 0) is 12.5 Å². The lowest BCUT2D eigenvalue weighted by Gasteiger charge is -2.37. The summed E-state index contributed by atoms with van der Waals surface area (Å²) in [6.07, 6.45) is 4.91. The van der Waals surface area contributed by atoms with Crippen LogP contribution in [0.2, 0.25) is 38.8 Å². The van der Waals surface area contributed by atoms with Gasteiger partial charge in [0.1, 0.15) is 21.4 Å². The number of unbranched alkanes of at least 4 members (excludes halogenated alkanes) is 1. The van der Waals surface area contributed by atoms with Gasteiger partial charge in [0, 0.05) is 0 Å². The van der Waals surface area contributed by atoms with Crippen molar-refractivity contribution >= 4 is 16.1 Å². The van der Waals surface area contributed by atoms with Crippen molar-refractivity contribution in [2.75, 3.05) is 0 Å². The first kappa shape index (κ1) is 17.7. The average molecular weight is 283 g/mol. The van der Waals surface area contributed by atoms with Crippen molar-refractivity contribution in [2.24, 2.45) is 0 Å². The first-order chi connectivity index (χ1) is 8.08. The number of hydrogen-bond donors (Lipinski definition) is 1. The third-order valence-corrected chi connectivity index (χ3v) is 8.11. The standard InChI is InChI=1S/C15H30OSi2/c1-8-10-11-15(16,12-14-17(3,4)5)18(6,7)13-9-2/h9,16H,2,8,10-11,13H2,1,3-7H3. The zero-order valence-corrected chi connectivity index (χ0v) is 15.1. The second-order valence-corrected chi connectivity index (χ2v) is 16.6. The summed E-state index contributed by atoms with van der Waals surface area (Å²) in [7, 11) is -3.24. The normalized spacial score (nSPS) is 15.5. The molecular weight excluding hydrogens is 252 g/mol. The molecule has 0 aliphatic heterocycles. The molecule has 0 fully saturated rings. The van der Waals surface area contributed by atoms with Crippen molar-refractivity contribution in [3.63, 3.8) is 0 Å². The van der Waals surface area contributed by atoms with Gasteiger partial charge in [-0.25, -0.2) is 0 Å². The van der Waals surface area contributed by atoms with E-state index in [-0.39, 0.29) is 0 Å². The van der Waals surface area contributed by atoms with Crippen LogP contribution in [0.3, 0.4) is 0 Å². The molecule has 104 valence electrons. The van der Waals surface area contributed by atoms with Gasteiger partial charge in [0.2, 0.25) is 0 Å². The van der Waals surface area contributed by atoms with Crippen LogP contribution in [-0.2, 0) is 0 Å². The van der Waals surface area contributed by atoms with Crippen molar-refractivity contribution in [1.29, 1.82) is 0 Å². The Bertz CT molecular complexity index is 331. The van der Waals surface area contributed by atoms with Crippen LogP contribution in [-0.4, -0.2) is 26.5 Å². The van der Waals surface area contributed by atoms with E-state index < -0.39 is 21.4 Å². The molecule has 0 aromatic heterocycles. The van der Waals surface area contributed by atoms with Crippen LogP contribution in [0.1, 0.15) is 26.2 Å². The Kier molecular flexibility index (Phi) is 6.63. The average Bonchev–Trinajstić information content (AvgIpc) is 2.22. The van der Waals surface area contributed by atoms with Gasteiger partial charge in [-0.3, -0.25) is 0 Å². The van der Waals surface area contributed by atoms with Gasteiger partial charge in [-0.2, -0.15) is 0 Å². The minimum Gasteiger partial charge on any atom is -0.381 e. The fraction of sp³-hybridized carbons (Fsp3) is 0.733. The maximum atomic E-state index is 11.0. The molecule has 18 heavy (non-hydrogen) atoms. The Morgan fingerprint density at radius 3 is 2.17 bits per heavy atom. The molecular formula is C15H30OSi2. The molecule has 0 amide bonds. The zero-order valence-electron chi connectivity index (χ0n) is 13.1. The van der Waals surface area contributed by atoms with Crippen LogP contribution in [0.15, 0.2) is 12.7 Å². The smallest absolute Gasteiger partial charge is 0.129 e. The predicted molar refractivity (Wildman–Crippen MR) is 88.1 cm³/mol.